The van der Waals surface area contributed by atoms with Gasteiger partial charge in [0.2, 0.25) is 5.95 Å². The van der Waals surface area contributed by atoms with Crippen LogP contribution in [0.4, 0.5) is 5.95 Å². The number of carbonyl (C=O) groups excluding carboxylic acids is 1. The van der Waals surface area contributed by atoms with Gasteiger partial charge in [-0.15, -0.1) is 0 Å². The number of fused-ring (bicyclic) bond motifs is 2. The smallest absolute Gasteiger partial charge is 0.258 e. The van der Waals surface area contributed by atoms with Gasteiger partial charge in [-0.25, -0.2) is 14.6 Å². The van der Waals surface area contributed by atoms with E-state index in [1.807, 2.05) is 46.5 Å². The van der Waals surface area contributed by atoms with Crippen LogP contribution in [0.15, 0.2) is 36.5 Å². The second-order valence-electron chi connectivity index (χ2n) is 8.75. The molecular formula is C25H32N6O2. The molecule has 0 saturated carbocycles. The molecular weight excluding hydrogens is 416 g/mol. The van der Waals surface area contributed by atoms with Crippen LogP contribution in [-0.4, -0.2) is 43.4 Å². The molecule has 0 fully saturated rings. The number of imidazole rings is 1. The summed E-state index contributed by atoms with van der Waals surface area (Å²) in [5, 5.41) is 8.30. The van der Waals surface area contributed by atoms with Gasteiger partial charge >= 0.3 is 0 Å². The fourth-order valence-electron chi connectivity index (χ4n) is 3.93. The number of aryl methyl sites for hydroxylation is 1. The number of carbonyl (C=O) groups is 1. The molecule has 3 aromatic heterocycles. The van der Waals surface area contributed by atoms with Crippen molar-refractivity contribution in [3.8, 4) is 0 Å². The summed E-state index contributed by atoms with van der Waals surface area (Å²) in [6, 6.07) is 9.92. The predicted molar refractivity (Wildman–Crippen MR) is 131 cm³/mol. The van der Waals surface area contributed by atoms with Gasteiger partial charge in [0.15, 0.2) is 5.65 Å². The second kappa shape index (κ2) is 9.70. The number of para-hydroxylation sites is 2. The molecule has 0 radical (unpaired) electrons. The van der Waals surface area contributed by atoms with Crippen LogP contribution in [0.5, 0.6) is 0 Å². The van der Waals surface area contributed by atoms with E-state index in [2.05, 4.69) is 38.1 Å². The zero-order valence-corrected chi connectivity index (χ0v) is 20.0. The summed E-state index contributed by atoms with van der Waals surface area (Å²) in [5.41, 5.74) is 3.98. The molecule has 0 aliphatic rings. The number of hydrogen-bond donors (Lipinski definition) is 1. The number of nitrogens with zero attached hydrogens (tertiary/aromatic N) is 5. The summed E-state index contributed by atoms with van der Waals surface area (Å²) in [7, 11) is 0. The summed E-state index contributed by atoms with van der Waals surface area (Å²) in [6.07, 6.45) is 2.56. The standard InChI is InChI=1S/C25H32N6O2/c1-6-33-13-9-12-30-22-11-8-7-10-20(22)28-25(30)29-24(32)18-14-21(16(2)3)27-23-19(18)15-26-31(23)17(4)5/h7-8,10-11,14-17H,6,9,12-13H2,1-5H3,(H,28,29,32). The van der Waals surface area contributed by atoms with Crippen molar-refractivity contribution < 1.29 is 9.53 Å². The van der Waals surface area contributed by atoms with Crippen LogP contribution >= 0.6 is 0 Å². The van der Waals surface area contributed by atoms with Crippen molar-refractivity contribution in [2.75, 3.05) is 18.5 Å². The number of nitrogens with one attached hydrogen (secondary N) is 1. The molecule has 1 amide bonds. The molecule has 1 aromatic carbocycles. The van der Waals surface area contributed by atoms with Crippen LogP contribution in [0.2, 0.25) is 0 Å². The average Bonchev–Trinajstić information content (AvgIpc) is 3.37. The Morgan fingerprint density at radius 3 is 2.67 bits per heavy atom. The molecule has 1 N–H and O–H groups in total. The van der Waals surface area contributed by atoms with Crippen LogP contribution < -0.4 is 5.32 Å². The van der Waals surface area contributed by atoms with Crippen LogP contribution in [0, 0.1) is 0 Å². The van der Waals surface area contributed by atoms with E-state index in [4.69, 9.17) is 14.7 Å². The van der Waals surface area contributed by atoms with Gasteiger partial charge < -0.3 is 9.30 Å². The third-order valence-corrected chi connectivity index (χ3v) is 5.67. The van der Waals surface area contributed by atoms with E-state index >= 15 is 0 Å². The Morgan fingerprint density at radius 2 is 1.94 bits per heavy atom. The second-order valence-corrected chi connectivity index (χ2v) is 8.75. The van der Waals surface area contributed by atoms with Crippen molar-refractivity contribution in [2.45, 2.75) is 59.5 Å². The third-order valence-electron chi connectivity index (χ3n) is 5.67. The Labute approximate surface area is 194 Å². The Bertz CT molecular complexity index is 1270. The molecule has 8 heteroatoms. The number of ether oxygens (including phenoxy) is 1. The summed E-state index contributed by atoms with van der Waals surface area (Å²) in [5.74, 6) is 0.499. The normalized spacial score (nSPS) is 11.8. The first-order valence-electron chi connectivity index (χ1n) is 11.6. The molecule has 33 heavy (non-hydrogen) atoms. The summed E-state index contributed by atoms with van der Waals surface area (Å²) < 4.78 is 9.41. The first-order valence-corrected chi connectivity index (χ1v) is 11.6. The zero-order chi connectivity index (χ0) is 23.5. The number of pyridine rings is 1. The maximum absolute atomic E-state index is 13.5. The van der Waals surface area contributed by atoms with Gasteiger partial charge in [0.25, 0.3) is 5.91 Å². The minimum atomic E-state index is -0.214. The summed E-state index contributed by atoms with van der Waals surface area (Å²) >= 11 is 0. The van der Waals surface area contributed by atoms with E-state index < -0.39 is 0 Å². The minimum Gasteiger partial charge on any atom is -0.382 e. The van der Waals surface area contributed by atoms with Gasteiger partial charge in [-0.2, -0.15) is 5.10 Å². The maximum Gasteiger partial charge on any atom is 0.258 e. The van der Waals surface area contributed by atoms with Crippen molar-refractivity contribution >= 4 is 33.9 Å². The fraction of sp³-hybridized carbons (Fsp3) is 0.440. The van der Waals surface area contributed by atoms with Crippen LogP contribution in [-0.2, 0) is 11.3 Å². The lowest BCUT2D eigenvalue weighted by Crippen LogP contribution is -2.18. The number of benzene rings is 1. The van der Waals surface area contributed by atoms with Gasteiger partial charge in [0.05, 0.1) is 28.2 Å². The highest BCUT2D eigenvalue weighted by molar-refractivity contribution is 6.11. The average molecular weight is 449 g/mol. The lowest BCUT2D eigenvalue weighted by molar-refractivity contribution is 0.102. The molecule has 8 nitrogen and oxygen atoms in total. The first-order chi connectivity index (χ1) is 15.9. The van der Waals surface area contributed by atoms with Crippen molar-refractivity contribution in [1.29, 1.82) is 0 Å². The fourth-order valence-corrected chi connectivity index (χ4v) is 3.93. The lowest BCUT2D eigenvalue weighted by atomic mass is 10.0. The monoisotopic (exact) mass is 448 g/mol. The van der Waals surface area contributed by atoms with Gasteiger partial charge in [0, 0.05) is 31.5 Å². The van der Waals surface area contributed by atoms with E-state index in [-0.39, 0.29) is 17.9 Å². The van der Waals surface area contributed by atoms with Gasteiger partial charge in [0.1, 0.15) is 0 Å². The number of anilines is 1. The largest absolute Gasteiger partial charge is 0.382 e. The van der Waals surface area contributed by atoms with Crippen molar-refractivity contribution in [1.82, 2.24) is 24.3 Å². The molecule has 0 aliphatic carbocycles. The van der Waals surface area contributed by atoms with E-state index in [1.54, 1.807) is 6.20 Å². The predicted octanol–water partition coefficient (Wildman–Crippen LogP) is 5.16. The molecule has 0 bridgehead atoms. The highest BCUT2D eigenvalue weighted by atomic mass is 16.5. The lowest BCUT2D eigenvalue weighted by Gasteiger charge is -2.13. The number of aromatic nitrogens is 5. The van der Waals surface area contributed by atoms with Gasteiger partial charge in [-0.05, 0) is 51.3 Å². The van der Waals surface area contributed by atoms with Crippen molar-refractivity contribution in [3.05, 3.63) is 47.8 Å². The highest BCUT2D eigenvalue weighted by Gasteiger charge is 2.21. The molecule has 0 unspecified atom stereocenters. The van der Waals surface area contributed by atoms with E-state index in [0.29, 0.717) is 31.3 Å². The Balaban J connectivity index is 1.72. The summed E-state index contributed by atoms with van der Waals surface area (Å²) in [6.45, 7) is 12.3. The molecule has 0 saturated heterocycles. The van der Waals surface area contributed by atoms with Gasteiger partial charge in [-0.3, -0.25) is 10.1 Å². The molecule has 0 spiro atoms. The van der Waals surface area contributed by atoms with E-state index in [0.717, 1.165) is 34.2 Å². The minimum absolute atomic E-state index is 0.142. The zero-order valence-electron chi connectivity index (χ0n) is 20.0. The molecule has 174 valence electrons. The van der Waals surface area contributed by atoms with Crippen molar-refractivity contribution in [3.63, 3.8) is 0 Å². The Morgan fingerprint density at radius 1 is 1.15 bits per heavy atom. The van der Waals surface area contributed by atoms with Crippen LogP contribution in [0.3, 0.4) is 0 Å². The molecule has 0 aliphatic heterocycles. The molecule has 4 aromatic rings. The number of amides is 1. The summed E-state index contributed by atoms with van der Waals surface area (Å²) in [4.78, 5) is 23.0. The van der Waals surface area contributed by atoms with Crippen molar-refractivity contribution in [2.24, 2.45) is 0 Å². The maximum atomic E-state index is 13.5. The quantitative estimate of drug-likeness (QED) is 0.357. The third kappa shape index (κ3) is 4.61. The Kier molecular flexibility index (Phi) is 6.74. The number of rotatable bonds is 9. The van der Waals surface area contributed by atoms with Crippen LogP contribution in [0.1, 0.15) is 69.1 Å². The number of hydrogen-bond acceptors (Lipinski definition) is 5. The topological polar surface area (TPSA) is 86.9 Å². The highest BCUT2D eigenvalue weighted by Crippen LogP contribution is 2.26. The Hall–Kier alpha value is -3.26. The SMILES string of the molecule is CCOCCCn1c(NC(=O)c2cc(C(C)C)nc3c2cnn3C(C)C)nc2ccccc21. The molecule has 0 atom stereocenters. The molecule has 4 rings (SSSR count). The molecule has 3 heterocycles. The van der Waals surface area contributed by atoms with E-state index in [9.17, 15) is 4.79 Å². The first kappa shape index (κ1) is 22.9. The van der Waals surface area contributed by atoms with E-state index in [1.165, 1.54) is 0 Å². The van der Waals surface area contributed by atoms with Crippen LogP contribution in [0.25, 0.3) is 22.1 Å². The van der Waals surface area contributed by atoms with Gasteiger partial charge in [-0.1, -0.05) is 26.0 Å².